The Balaban J connectivity index is 0. The van der Waals surface area contributed by atoms with Crippen molar-refractivity contribution in [3.05, 3.63) is 0 Å². The summed E-state index contributed by atoms with van der Waals surface area (Å²) >= 11 is 0. The summed E-state index contributed by atoms with van der Waals surface area (Å²) in [5.74, 6) is -0.466. The van der Waals surface area contributed by atoms with Crippen LogP contribution in [-0.2, 0) is 13.9 Å². The fourth-order valence-electron chi connectivity index (χ4n) is 0.240. The largest absolute Gasteiger partial charge is 1.00 e. The Morgan fingerprint density at radius 1 is 1.55 bits per heavy atom. The van der Waals surface area contributed by atoms with Gasteiger partial charge in [0.2, 0.25) is 0 Å². The van der Waals surface area contributed by atoms with Crippen LogP contribution < -0.4 is 29.6 Å². The molecular formula is C4H7NaO4S2. The van der Waals surface area contributed by atoms with Gasteiger partial charge in [0.1, 0.15) is 14.9 Å². The molecular weight excluding hydrogens is 199 g/mol. The van der Waals surface area contributed by atoms with Gasteiger partial charge in [0.05, 0.1) is 5.75 Å². The molecule has 0 N–H and O–H groups in total. The molecule has 0 heterocycles. The van der Waals surface area contributed by atoms with Crippen LogP contribution in [0.4, 0.5) is 0 Å². The minimum atomic E-state index is -4.28. The van der Waals surface area contributed by atoms with Gasteiger partial charge in [0.25, 0.3) is 0 Å². The molecule has 0 rings (SSSR count). The maximum Gasteiger partial charge on any atom is 1.00 e. The zero-order valence-corrected chi connectivity index (χ0v) is 10.00. The third-order valence-corrected chi connectivity index (χ3v) is 2.71. The standard InChI is InChI=1S/C4H8O4S2.Na/c1-2-4(5)3-9-10(6,7)8;/h2-3H2,1H3,(H,6,7,8);/q;+1/p-1. The second kappa shape index (κ2) is 6.45. The van der Waals surface area contributed by atoms with E-state index in [9.17, 15) is 17.8 Å². The van der Waals surface area contributed by atoms with Crippen molar-refractivity contribution in [3.63, 3.8) is 0 Å². The zero-order chi connectivity index (χ0) is 8.20. The van der Waals surface area contributed by atoms with Gasteiger partial charge in [-0.3, -0.25) is 4.79 Å². The number of rotatable bonds is 4. The maximum atomic E-state index is 10.4. The smallest absolute Gasteiger partial charge is 0.739 e. The van der Waals surface area contributed by atoms with Crippen LogP contribution in [0, 0.1) is 0 Å². The van der Waals surface area contributed by atoms with E-state index in [4.69, 9.17) is 0 Å². The number of Topliss-reactive ketones (excluding diaryl/α,β-unsaturated/α-hetero) is 1. The first-order valence-electron chi connectivity index (χ1n) is 2.57. The van der Waals surface area contributed by atoms with E-state index in [0.717, 1.165) is 0 Å². The Hall–Kier alpha value is 0.930. The zero-order valence-electron chi connectivity index (χ0n) is 6.36. The van der Waals surface area contributed by atoms with Crippen molar-refractivity contribution < 1.29 is 47.3 Å². The van der Waals surface area contributed by atoms with Crippen LogP contribution >= 0.6 is 10.8 Å². The topological polar surface area (TPSA) is 74.3 Å². The van der Waals surface area contributed by atoms with Crippen molar-refractivity contribution in [2.75, 3.05) is 5.75 Å². The van der Waals surface area contributed by atoms with Crippen molar-refractivity contribution in [2.45, 2.75) is 13.3 Å². The molecule has 0 aromatic rings. The summed E-state index contributed by atoms with van der Waals surface area (Å²) in [6.07, 6.45) is 0.266. The molecule has 0 saturated heterocycles. The van der Waals surface area contributed by atoms with E-state index in [1.54, 1.807) is 6.92 Å². The molecule has 0 radical (unpaired) electrons. The Labute approximate surface area is 91.6 Å². The SMILES string of the molecule is CCC(=O)CSS(=O)(=O)[O-].[Na+]. The fourth-order valence-corrected chi connectivity index (χ4v) is 1.55. The van der Waals surface area contributed by atoms with Gasteiger partial charge in [0, 0.05) is 6.42 Å². The number of hydrogen-bond acceptors (Lipinski definition) is 5. The third-order valence-electron chi connectivity index (χ3n) is 0.759. The summed E-state index contributed by atoms with van der Waals surface area (Å²) in [6, 6.07) is 0. The molecule has 0 saturated carbocycles. The first-order valence-corrected chi connectivity index (χ1v) is 5.48. The third kappa shape index (κ3) is 10.9. The van der Waals surface area contributed by atoms with Gasteiger partial charge in [-0.05, 0) is 10.8 Å². The van der Waals surface area contributed by atoms with E-state index in [-0.39, 0.29) is 58.3 Å². The van der Waals surface area contributed by atoms with E-state index in [2.05, 4.69) is 0 Å². The van der Waals surface area contributed by atoms with Crippen LogP contribution in [0.5, 0.6) is 0 Å². The Morgan fingerprint density at radius 2 is 2.00 bits per heavy atom. The Kier molecular flexibility index (Phi) is 8.47. The van der Waals surface area contributed by atoms with E-state index in [0.29, 0.717) is 0 Å². The summed E-state index contributed by atoms with van der Waals surface area (Å²) in [4.78, 5) is 10.4. The molecule has 0 bridgehead atoms. The molecule has 0 atom stereocenters. The van der Waals surface area contributed by atoms with Crippen LogP contribution in [-0.4, -0.2) is 24.5 Å². The predicted octanol–water partition coefficient (Wildman–Crippen LogP) is -2.84. The Morgan fingerprint density at radius 3 is 2.27 bits per heavy atom. The molecule has 0 aromatic heterocycles. The minimum Gasteiger partial charge on any atom is -0.739 e. The molecule has 0 fully saturated rings. The first-order chi connectivity index (χ1) is 4.45. The van der Waals surface area contributed by atoms with E-state index in [1.165, 1.54) is 0 Å². The minimum absolute atomic E-state index is 0. The molecule has 0 spiro atoms. The van der Waals surface area contributed by atoms with Crippen molar-refractivity contribution in [1.29, 1.82) is 0 Å². The number of carbonyl (C=O) groups is 1. The average molecular weight is 206 g/mol. The summed E-state index contributed by atoms with van der Waals surface area (Å²) < 4.78 is 29.7. The van der Waals surface area contributed by atoms with E-state index >= 15 is 0 Å². The number of ketones is 1. The normalized spacial score (nSPS) is 10.4. The van der Waals surface area contributed by atoms with E-state index < -0.39 is 9.15 Å². The van der Waals surface area contributed by atoms with Crippen molar-refractivity contribution in [2.24, 2.45) is 0 Å². The molecule has 0 aliphatic heterocycles. The van der Waals surface area contributed by atoms with Gasteiger partial charge in [-0.25, -0.2) is 8.42 Å². The van der Waals surface area contributed by atoms with Gasteiger partial charge in [0.15, 0.2) is 0 Å². The second-order valence-electron chi connectivity index (χ2n) is 1.56. The van der Waals surface area contributed by atoms with Gasteiger partial charge in [-0.2, -0.15) is 0 Å². The summed E-state index contributed by atoms with van der Waals surface area (Å²) in [7, 11) is -4.15. The Bertz CT molecular complexity index is 210. The second-order valence-corrected chi connectivity index (χ2v) is 4.84. The quantitative estimate of drug-likeness (QED) is 0.281. The summed E-state index contributed by atoms with van der Waals surface area (Å²) in [6.45, 7) is 1.61. The first kappa shape index (κ1) is 14.5. The van der Waals surface area contributed by atoms with Crippen LogP contribution in [0.25, 0.3) is 0 Å². The summed E-state index contributed by atoms with van der Waals surface area (Å²) in [5.41, 5.74) is 0. The molecule has 0 aromatic carbocycles. The molecule has 0 aliphatic carbocycles. The fraction of sp³-hybridized carbons (Fsp3) is 0.750. The summed E-state index contributed by atoms with van der Waals surface area (Å²) in [5, 5.41) is 0. The predicted molar refractivity (Wildman–Crippen MR) is 37.5 cm³/mol. The monoisotopic (exact) mass is 206 g/mol. The van der Waals surface area contributed by atoms with Crippen molar-refractivity contribution in [1.82, 2.24) is 0 Å². The molecule has 7 heteroatoms. The van der Waals surface area contributed by atoms with Crippen LogP contribution in [0.2, 0.25) is 0 Å². The molecule has 0 aliphatic rings. The van der Waals surface area contributed by atoms with Gasteiger partial charge in [-0.1, -0.05) is 6.92 Å². The molecule has 60 valence electrons. The average Bonchev–Trinajstić information content (AvgIpc) is 1.81. The van der Waals surface area contributed by atoms with Crippen molar-refractivity contribution in [3.8, 4) is 0 Å². The van der Waals surface area contributed by atoms with Crippen LogP contribution in [0.15, 0.2) is 0 Å². The number of hydrogen-bond donors (Lipinski definition) is 0. The van der Waals surface area contributed by atoms with E-state index in [1.807, 2.05) is 0 Å². The molecule has 11 heavy (non-hydrogen) atoms. The molecule has 4 nitrogen and oxygen atoms in total. The molecule has 0 amide bonds. The van der Waals surface area contributed by atoms with Crippen LogP contribution in [0.3, 0.4) is 0 Å². The molecule has 0 unspecified atom stereocenters. The van der Waals surface area contributed by atoms with Gasteiger partial charge in [-0.15, -0.1) is 0 Å². The van der Waals surface area contributed by atoms with Gasteiger partial charge < -0.3 is 4.55 Å². The van der Waals surface area contributed by atoms with Crippen molar-refractivity contribution >= 4 is 25.7 Å². The van der Waals surface area contributed by atoms with Crippen LogP contribution in [0.1, 0.15) is 13.3 Å². The number of carbonyl (C=O) groups excluding carboxylic acids is 1. The van der Waals surface area contributed by atoms with Gasteiger partial charge >= 0.3 is 29.6 Å². The maximum absolute atomic E-state index is 10.4.